The highest BCUT2D eigenvalue weighted by molar-refractivity contribution is 5.82. The van der Waals surface area contributed by atoms with Gasteiger partial charge in [0.25, 0.3) is 0 Å². The van der Waals surface area contributed by atoms with Crippen molar-refractivity contribution >= 4 is 11.9 Å². The van der Waals surface area contributed by atoms with E-state index < -0.39 is 0 Å². The van der Waals surface area contributed by atoms with E-state index in [1.54, 1.807) is 6.92 Å². The Labute approximate surface area is 128 Å². The van der Waals surface area contributed by atoms with Crippen molar-refractivity contribution in [2.75, 3.05) is 19.7 Å². The minimum atomic E-state index is -0.295. The summed E-state index contributed by atoms with van der Waals surface area (Å²) in [5.41, 5.74) is 0. The SMILES string of the molecule is CCCN(CC(=O)OCC)C(C)C(=O)NC1CCCCC1. The summed E-state index contributed by atoms with van der Waals surface area (Å²) < 4.78 is 4.99. The van der Waals surface area contributed by atoms with Crippen LogP contribution in [0.3, 0.4) is 0 Å². The molecule has 122 valence electrons. The van der Waals surface area contributed by atoms with Gasteiger partial charge in [-0.2, -0.15) is 0 Å². The summed E-state index contributed by atoms with van der Waals surface area (Å²) in [4.78, 5) is 25.9. The van der Waals surface area contributed by atoms with E-state index in [0.29, 0.717) is 12.6 Å². The average Bonchev–Trinajstić information content (AvgIpc) is 2.47. The molecule has 1 N–H and O–H groups in total. The summed E-state index contributed by atoms with van der Waals surface area (Å²) in [5, 5.41) is 3.13. The third-order valence-corrected chi connectivity index (χ3v) is 4.03. The summed E-state index contributed by atoms with van der Waals surface area (Å²) in [5.74, 6) is -0.233. The number of nitrogens with one attached hydrogen (secondary N) is 1. The number of amides is 1. The summed E-state index contributed by atoms with van der Waals surface area (Å²) >= 11 is 0. The number of hydrogen-bond donors (Lipinski definition) is 1. The van der Waals surface area contributed by atoms with Gasteiger partial charge in [0.05, 0.1) is 19.2 Å². The standard InChI is InChI=1S/C16H30N2O3/c1-4-11-18(12-15(19)21-5-2)13(3)16(20)17-14-9-7-6-8-10-14/h13-14H,4-12H2,1-3H3,(H,17,20). The van der Waals surface area contributed by atoms with Crippen molar-refractivity contribution in [3.05, 3.63) is 0 Å². The first-order valence-electron chi connectivity index (χ1n) is 8.28. The summed E-state index contributed by atoms with van der Waals surface area (Å²) in [6.07, 6.45) is 6.71. The van der Waals surface area contributed by atoms with Crippen LogP contribution < -0.4 is 5.32 Å². The predicted octanol–water partition coefficient (Wildman–Crippen LogP) is 2.10. The van der Waals surface area contributed by atoms with E-state index in [-0.39, 0.29) is 24.5 Å². The van der Waals surface area contributed by atoms with Gasteiger partial charge >= 0.3 is 5.97 Å². The molecule has 0 radical (unpaired) electrons. The number of rotatable bonds is 8. The number of carbonyl (C=O) groups excluding carboxylic acids is 2. The van der Waals surface area contributed by atoms with Gasteiger partial charge in [-0.1, -0.05) is 26.2 Å². The Kier molecular flexibility index (Phi) is 8.35. The number of esters is 1. The van der Waals surface area contributed by atoms with Gasteiger partial charge in [-0.25, -0.2) is 0 Å². The Balaban J connectivity index is 2.50. The van der Waals surface area contributed by atoms with E-state index in [1.165, 1.54) is 19.3 Å². The molecule has 0 bridgehead atoms. The number of ether oxygens (including phenoxy) is 1. The Morgan fingerprint density at radius 1 is 1.24 bits per heavy atom. The second-order valence-electron chi connectivity index (χ2n) is 5.79. The van der Waals surface area contributed by atoms with Gasteiger partial charge in [-0.15, -0.1) is 0 Å². The van der Waals surface area contributed by atoms with Crippen LogP contribution in [0, 0.1) is 0 Å². The van der Waals surface area contributed by atoms with Crippen LogP contribution in [0.2, 0.25) is 0 Å². The van der Waals surface area contributed by atoms with Crippen LogP contribution in [0.4, 0.5) is 0 Å². The van der Waals surface area contributed by atoms with Crippen LogP contribution in [-0.4, -0.2) is 48.6 Å². The van der Waals surface area contributed by atoms with Crippen molar-refractivity contribution in [2.24, 2.45) is 0 Å². The largest absolute Gasteiger partial charge is 0.465 e. The van der Waals surface area contributed by atoms with E-state index in [0.717, 1.165) is 25.8 Å². The second kappa shape index (κ2) is 9.77. The van der Waals surface area contributed by atoms with E-state index in [4.69, 9.17) is 4.74 Å². The maximum Gasteiger partial charge on any atom is 0.320 e. The lowest BCUT2D eigenvalue weighted by atomic mass is 9.95. The monoisotopic (exact) mass is 298 g/mol. The van der Waals surface area contributed by atoms with Crippen LogP contribution in [0.1, 0.15) is 59.3 Å². The lowest BCUT2D eigenvalue weighted by Crippen LogP contribution is -2.50. The van der Waals surface area contributed by atoms with E-state index >= 15 is 0 Å². The van der Waals surface area contributed by atoms with Gasteiger partial charge in [0.1, 0.15) is 0 Å². The molecule has 0 aromatic carbocycles. The van der Waals surface area contributed by atoms with Crippen LogP contribution in [0.5, 0.6) is 0 Å². The molecule has 0 saturated heterocycles. The van der Waals surface area contributed by atoms with Crippen LogP contribution in [0.25, 0.3) is 0 Å². The fourth-order valence-electron chi connectivity index (χ4n) is 2.80. The first-order valence-corrected chi connectivity index (χ1v) is 8.28. The second-order valence-corrected chi connectivity index (χ2v) is 5.79. The summed E-state index contributed by atoms with van der Waals surface area (Å²) in [7, 11) is 0. The molecule has 1 amide bonds. The molecule has 1 rings (SSSR count). The van der Waals surface area contributed by atoms with Crippen molar-refractivity contribution in [3.63, 3.8) is 0 Å². The highest BCUT2D eigenvalue weighted by Gasteiger charge is 2.25. The molecule has 1 aliphatic carbocycles. The van der Waals surface area contributed by atoms with Gasteiger partial charge in [-0.05, 0) is 39.7 Å². The van der Waals surface area contributed by atoms with Gasteiger partial charge < -0.3 is 10.1 Å². The Bertz CT molecular complexity index is 327. The van der Waals surface area contributed by atoms with Gasteiger partial charge in [-0.3, -0.25) is 14.5 Å². The lowest BCUT2D eigenvalue weighted by molar-refractivity contribution is -0.145. The first-order chi connectivity index (χ1) is 10.1. The number of carbonyl (C=O) groups is 2. The topological polar surface area (TPSA) is 58.6 Å². The molecule has 0 heterocycles. The molecular formula is C16H30N2O3. The van der Waals surface area contributed by atoms with E-state index in [2.05, 4.69) is 5.32 Å². The summed E-state index contributed by atoms with van der Waals surface area (Å²) in [6, 6.07) is 0.0102. The molecule has 1 atom stereocenters. The fourth-order valence-corrected chi connectivity index (χ4v) is 2.80. The van der Waals surface area contributed by atoms with Crippen molar-refractivity contribution in [1.82, 2.24) is 10.2 Å². The molecule has 1 fully saturated rings. The molecule has 0 aromatic heterocycles. The quantitative estimate of drug-likeness (QED) is 0.697. The van der Waals surface area contributed by atoms with Gasteiger partial charge in [0, 0.05) is 6.04 Å². The van der Waals surface area contributed by atoms with Crippen molar-refractivity contribution in [3.8, 4) is 0 Å². The zero-order valence-electron chi connectivity index (χ0n) is 13.7. The maximum atomic E-state index is 12.4. The third kappa shape index (κ3) is 6.46. The smallest absolute Gasteiger partial charge is 0.320 e. The normalized spacial score (nSPS) is 17.5. The zero-order valence-corrected chi connectivity index (χ0v) is 13.7. The minimum Gasteiger partial charge on any atom is -0.465 e. The first kappa shape index (κ1) is 18.0. The molecule has 1 aliphatic rings. The van der Waals surface area contributed by atoms with Crippen LogP contribution in [0.15, 0.2) is 0 Å². The zero-order chi connectivity index (χ0) is 15.7. The number of nitrogens with zero attached hydrogens (tertiary/aromatic N) is 1. The van der Waals surface area contributed by atoms with E-state index in [1.807, 2.05) is 18.7 Å². The molecule has 21 heavy (non-hydrogen) atoms. The Morgan fingerprint density at radius 2 is 1.90 bits per heavy atom. The average molecular weight is 298 g/mol. The molecule has 1 saturated carbocycles. The van der Waals surface area contributed by atoms with Crippen LogP contribution >= 0.6 is 0 Å². The van der Waals surface area contributed by atoms with Gasteiger partial charge in [0.2, 0.25) is 5.91 Å². The Hall–Kier alpha value is -1.10. The van der Waals surface area contributed by atoms with Crippen molar-refractivity contribution in [1.29, 1.82) is 0 Å². The molecule has 0 aromatic rings. The maximum absolute atomic E-state index is 12.4. The predicted molar refractivity (Wildman–Crippen MR) is 83.0 cm³/mol. The van der Waals surface area contributed by atoms with Crippen LogP contribution in [-0.2, 0) is 14.3 Å². The van der Waals surface area contributed by atoms with Crippen molar-refractivity contribution < 1.29 is 14.3 Å². The molecule has 0 aliphatic heterocycles. The van der Waals surface area contributed by atoms with E-state index in [9.17, 15) is 9.59 Å². The molecule has 5 heteroatoms. The number of hydrogen-bond acceptors (Lipinski definition) is 4. The Morgan fingerprint density at radius 3 is 2.48 bits per heavy atom. The highest BCUT2D eigenvalue weighted by atomic mass is 16.5. The van der Waals surface area contributed by atoms with Crippen molar-refractivity contribution in [2.45, 2.75) is 71.4 Å². The van der Waals surface area contributed by atoms with Gasteiger partial charge in [0.15, 0.2) is 0 Å². The molecule has 0 spiro atoms. The third-order valence-electron chi connectivity index (χ3n) is 4.03. The summed E-state index contributed by atoms with van der Waals surface area (Å²) in [6.45, 7) is 6.98. The molecule has 1 unspecified atom stereocenters. The minimum absolute atomic E-state index is 0.0275. The highest BCUT2D eigenvalue weighted by Crippen LogP contribution is 2.17. The lowest BCUT2D eigenvalue weighted by Gasteiger charge is -2.30. The fraction of sp³-hybridized carbons (Fsp3) is 0.875. The molecule has 5 nitrogen and oxygen atoms in total. The molecular weight excluding hydrogens is 268 g/mol.